The van der Waals surface area contributed by atoms with Crippen molar-refractivity contribution in [3.8, 4) is 0 Å². The van der Waals surface area contributed by atoms with Gasteiger partial charge in [-0.2, -0.15) is 0 Å². The molecule has 0 amide bonds. The normalized spacial score (nSPS) is 24.2. The Labute approximate surface area is 92.7 Å². The van der Waals surface area contributed by atoms with Gasteiger partial charge in [0.2, 0.25) is 0 Å². The van der Waals surface area contributed by atoms with E-state index in [0.717, 1.165) is 29.6 Å². The quantitative estimate of drug-likeness (QED) is 0.839. The van der Waals surface area contributed by atoms with Gasteiger partial charge >= 0.3 is 5.97 Å². The summed E-state index contributed by atoms with van der Waals surface area (Å²) in [6, 6.07) is 9.74. The zero-order valence-electron chi connectivity index (χ0n) is 8.72. The number of hydrogen-bond acceptors (Lipinski definition) is 2. The van der Waals surface area contributed by atoms with Crippen LogP contribution >= 0.6 is 0 Å². The molecular weight excluding hydrogens is 204 g/mol. The molecule has 16 heavy (non-hydrogen) atoms. The Bertz CT molecular complexity index is 508. The van der Waals surface area contributed by atoms with Gasteiger partial charge in [-0.25, -0.2) is 0 Å². The first-order chi connectivity index (χ1) is 7.75. The minimum Gasteiger partial charge on any atom is -0.481 e. The molecule has 2 aromatic rings. The van der Waals surface area contributed by atoms with Gasteiger partial charge in [0.25, 0.3) is 0 Å². The molecule has 0 saturated heterocycles. The number of para-hydroxylation sites is 1. The Kier molecular flexibility index (Phi) is 1.99. The van der Waals surface area contributed by atoms with Crippen molar-refractivity contribution in [2.24, 2.45) is 5.92 Å². The van der Waals surface area contributed by atoms with Gasteiger partial charge in [0.1, 0.15) is 11.3 Å². The smallest absolute Gasteiger partial charge is 0.307 e. The molecule has 2 unspecified atom stereocenters. The fourth-order valence-corrected chi connectivity index (χ4v) is 2.32. The SMILES string of the molecule is O=C(O)C1CCC1c1cc2ccccc2o1. The molecular formula is C13H12O3. The van der Waals surface area contributed by atoms with Crippen LogP contribution in [0.3, 0.4) is 0 Å². The lowest BCUT2D eigenvalue weighted by atomic mass is 9.72. The predicted molar refractivity (Wildman–Crippen MR) is 59.3 cm³/mol. The molecule has 1 fully saturated rings. The minimum absolute atomic E-state index is 0.0601. The van der Waals surface area contributed by atoms with Crippen LogP contribution in [0.25, 0.3) is 11.0 Å². The molecule has 1 aromatic heterocycles. The van der Waals surface area contributed by atoms with E-state index in [1.165, 1.54) is 0 Å². The maximum absolute atomic E-state index is 10.9. The fourth-order valence-electron chi connectivity index (χ4n) is 2.32. The van der Waals surface area contributed by atoms with Crippen molar-refractivity contribution < 1.29 is 14.3 Å². The second kappa shape index (κ2) is 3.37. The first kappa shape index (κ1) is 9.46. The van der Waals surface area contributed by atoms with Gasteiger partial charge in [-0.15, -0.1) is 0 Å². The van der Waals surface area contributed by atoms with E-state index in [9.17, 15) is 4.79 Å². The highest BCUT2D eigenvalue weighted by Gasteiger charge is 2.39. The highest BCUT2D eigenvalue weighted by molar-refractivity contribution is 5.78. The first-order valence-electron chi connectivity index (χ1n) is 5.47. The second-order valence-corrected chi connectivity index (χ2v) is 4.32. The van der Waals surface area contributed by atoms with Gasteiger partial charge in [0.15, 0.2) is 0 Å². The van der Waals surface area contributed by atoms with E-state index in [1.54, 1.807) is 0 Å². The minimum atomic E-state index is -0.711. The number of carboxylic acids is 1. The highest BCUT2D eigenvalue weighted by atomic mass is 16.4. The van der Waals surface area contributed by atoms with Crippen LogP contribution in [0.5, 0.6) is 0 Å². The van der Waals surface area contributed by atoms with Gasteiger partial charge in [-0.1, -0.05) is 18.2 Å². The summed E-state index contributed by atoms with van der Waals surface area (Å²) in [6.07, 6.45) is 1.67. The molecule has 3 nitrogen and oxygen atoms in total. The van der Waals surface area contributed by atoms with E-state index in [-0.39, 0.29) is 11.8 Å². The van der Waals surface area contributed by atoms with Crippen LogP contribution in [-0.4, -0.2) is 11.1 Å². The van der Waals surface area contributed by atoms with Crippen molar-refractivity contribution in [3.05, 3.63) is 36.1 Å². The van der Waals surface area contributed by atoms with Crippen LogP contribution < -0.4 is 0 Å². The van der Waals surface area contributed by atoms with Crippen LogP contribution in [-0.2, 0) is 4.79 Å². The Balaban J connectivity index is 1.97. The van der Waals surface area contributed by atoms with Gasteiger partial charge in [0, 0.05) is 11.3 Å². The molecule has 0 bridgehead atoms. The van der Waals surface area contributed by atoms with Crippen molar-refractivity contribution in [3.63, 3.8) is 0 Å². The van der Waals surface area contributed by atoms with Crippen LogP contribution in [0.15, 0.2) is 34.7 Å². The predicted octanol–water partition coefficient (Wildman–Crippen LogP) is 3.01. The molecule has 2 atom stereocenters. The van der Waals surface area contributed by atoms with Crippen molar-refractivity contribution >= 4 is 16.9 Å². The molecule has 1 saturated carbocycles. The Morgan fingerprint density at radius 2 is 2.12 bits per heavy atom. The highest BCUT2D eigenvalue weighted by Crippen LogP contribution is 2.44. The van der Waals surface area contributed by atoms with Crippen molar-refractivity contribution in [1.29, 1.82) is 0 Å². The third kappa shape index (κ3) is 1.32. The van der Waals surface area contributed by atoms with Crippen LogP contribution in [0.2, 0.25) is 0 Å². The van der Waals surface area contributed by atoms with E-state index in [0.29, 0.717) is 0 Å². The fraction of sp³-hybridized carbons (Fsp3) is 0.308. The Hall–Kier alpha value is -1.77. The molecule has 1 aliphatic rings. The van der Waals surface area contributed by atoms with Crippen LogP contribution in [0.1, 0.15) is 24.5 Å². The van der Waals surface area contributed by atoms with E-state index in [2.05, 4.69) is 0 Å². The molecule has 1 aromatic carbocycles. The lowest BCUT2D eigenvalue weighted by molar-refractivity contribution is -0.145. The monoisotopic (exact) mass is 216 g/mol. The number of carboxylic acid groups (broad SMARTS) is 1. The molecule has 1 aliphatic carbocycles. The largest absolute Gasteiger partial charge is 0.481 e. The average molecular weight is 216 g/mol. The summed E-state index contributed by atoms with van der Waals surface area (Å²) in [5.74, 6) is -0.0954. The number of aliphatic carboxylic acids is 1. The third-order valence-electron chi connectivity index (χ3n) is 3.40. The van der Waals surface area contributed by atoms with E-state index in [4.69, 9.17) is 9.52 Å². The third-order valence-corrected chi connectivity index (χ3v) is 3.40. The van der Waals surface area contributed by atoms with Gasteiger partial charge in [-0.05, 0) is 25.0 Å². The van der Waals surface area contributed by atoms with Gasteiger partial charge in [0.05, 0.1) is 5.92 Å². The second-order valence-electron chi connectivity index (χ2n) is 4.32. The Morgan fingerprint density at radius 3 is 2.75 bits per heavy atom. The van der Waals surface area contributed by atoms with Gasteiger partial charge < -0.3 is 9.52 Å². The van der Waals surface area contributed by atoms with Crippen LogP contribution in [0, 0.1) is 5.92 Å². The molecule has 0 aliphatic heterocycles. The molecule has 1 N–H and O–H groups in total. The molecule has 0 spiro atoms. The van der Waals surface area contributed by atoms with Crippen molar-refractivity contribution in [1.82, 2.24) is 0 Å². The standard InChI is InChI=1S/C13H12O3/c14-13(15)10-6-5-9(10)12-7-8-3-1-2-4-11(8)16-12/h1-4,7,9-10H,5-6H2,(H,14,15). The number of furan rings is 1. The zero-order valence-corrected chi connectivity index (χ0v) is 8.72. The van der Waals surface area contributed by atoms with E-state index in [1.807, 2.05) is 30.3 Å². The molecule has 3 heteroatoms. The molecule has 82 valence electrons. The number of fused-ring (bicyclic) bond motifs is 1. The van der Waals surface area contributed by atoms with Crippen molar-refractivity contribution in [2.75, 3.05) is 0 Å². The summed E-state index contributed by atoms with van der Waals surface area (Å²) in [5, 5.41) is 10.0. The number of carbonyl (C=O) groups is 1. The van der Waals surface area contributed by atoms with Gasteiger partial charge in [-0.3, -0.25) is 4.79 Å². The first-order valence-corrected chi connectivity index (χ1v) is 5.47. The number of hydrogen-bond donors (Lipinski definition) is 1. The maximum Gasteiger partial charge on any atom is 0.307 e. The lowest BCUT2D eigenvalue weighted by Crippen LogP contribution is -2.30. The van der Waals surface area contributed by atoms with Crippen molar-refractivity contribution in [2.45, 2.75) is 18.8 Å². The Morgan fingerprint density at radius 1 is 1.31 bits per heavy atom. The van der Waals surface area contributed by atoms with Crippen LogP contribution in [0.4, 0.5) is 0 Å². The van der Waals surface area contributed by atoms with E-state index < -0.39 is 5.97 Å². The average Bonchev–Trinajstić information content (AvgIpc) is 2.57. The topological polar surface area (TPSA) is 50.4 Å². The lowest BCUT2D eigenvalue weighted by Gasteiger charge is -2.31. The summed E-state index contributed by atoms with van der Waals surface area (Å²) < 4.78 is 5.69. The zero-order chi connectivity index (χ0) is 11.1. The molecule has 3 rings (SSSR count). The molecule has 0 radical (unpaired) electrons. The number of benzene rings is 1. The number of rotatable bonds is 2. The summed E-state index contributed by atoms with van der Waals surface area (Å²) in [5.41, 5.74) is 0.841. The maximum atomic E-state index is 10.9. The summed E-state index contributed by atoms with van der Waals surface area (Å²) >= 11 is 0. The van der Waals surface area contributed by atoms with E-state index >= 15 is 0 Å². The summed E-state index contributed by atoms with van der Waals surface area (Å²) in [6.45, 7) is 0. The summed E-state index contributed by atoms with van der Waals surface area (Å²) in [4.78, 5) is 10.9. The summed E-state index contributed by atoms with van der Waals surface area (Å²) in [7, 11) is 0. The molecule has 1 heterocycles.